The first-order chi connectivity index (χ1) is 8.78. The van der Waals surface area contributed by atoms with Crippen LogP contribution in [0.5, 0.6) is 11.5 Å². The van der Waals surface area contributed by atoms with Crippen LogP contribution in [0.25, 0.3) is 0 Å². The Bertz CT molecular complexity index is 498. The summed E-state index contributed by atoms with van der Waals surface area (Å²) in [6, 6.07) is 14.6. The maximum atomic E-state index is 10.9. The molecular formula is C16H15O2. The molecule has 2 nitrogen and oxygen atoms in total. The van der Waals surface area contributed by atoms with Crippen molar-refractivity contribution in [1.29, 1.82) is 0 Å². The maximum Gasteiger partial charge on any atom is 0.178 e. The van der Waals surface area contributed by atoms with Crippen LogP contribution in [0.15, 0.2) is 61.2 Å². The van der Waals surface area contributed by atoms with Gasteiger partial charge in [-0.25, -0.2) is 0 Å². The van der Waals surface area contributed by atoms with Crippen LogP contribution in [0.3, 0.4) is 0 Å². The summed E-state index contributed by atoms with van der Waals surface area (Å²) in [5.74, 6) is 0.849. The quantitative estimate of drug-likeness (QED) is 0.721. The molecule has 0 saturated carbocycles. The lowest BCUT2D eigenvalue weighted by atomic mass is 10.1. The molecule has 0 heterocycles. The number of allylic oxidation sites excluding steroid dienone is 1. The molecule has 2 aromatic carbocycles. The molecule has 0 aliphatic rings. The molecule has 0 amide bonds. The largest absolute Gasteiger partial charge is 0.489 e. The topological polar surface area (TPSA) is 29.1 Å². The molecule has 0 spiro atoms. The zero-order valence-electron chi connectivity index (χ0n) is 10.1. The molecule has 0 aliphatic carbocycles. The second kappa shape index (κ2) is 5.92. The fraction of sp³-hybridized carbons (Fsp3) is 0.125. The Morgan fingerprint density at radius 3 is 2.17 bits per heavy atom. The molecular weight excluding hydrogens is 224 g/mol. The lowest BCUT2D eigenvalue weighted by Gasteiger charge is -2.06. The molecule has 0 saturated heterocycles. The first-order valence-corrected chi connectivity index (χ1v) is 5.86. The van der Waals surface area contributed by atoms with Crippen molar-refractivity contribution in [3.8, 4) is 11.5 Å². The van der Waals surface area contributed by atoms with Gasteiger partial charge in [-0.1, -0.05) is 30.3 Å². The summed E-state index contributed by atoms with van der Waals surface area (Å²) in [6.45, 7) is 4.18. The van der Waals surface area contributed by atoms with Crippen LogP contribution < -0.4 is 4.74 Å². The van der Waals surface area contributed by atoms with E-state index in [4.69, 9.17) is 4.74 Å². The van der Waals surface area contributed by atoms with Gasteiger partial charge in [0.25, 0.3) is 0 Å². The van der Waals surface area contributed by atoms with Gasteiger partial charge in [-0.3, -0.25) is 5.11 Å². The number of ether oxygens (including phenoxy) is 1. The normalized spacial score (nSPS) is 10.0. The molecule has 0 bridgehead atoms. The lowest BCUT2D eigenvalue weighted by Crippen LogP contribution is -1.95. The van der Waals surface area contributed by atoms with Crippen LogP contribution in [0, 0.1) is 0 Å². The third kappa shape index (κ3) is 3.39. The molecule has 0 aliphatic heterocycles. The molecule has 0 unspecified atom stereocenters. The summed E-state index contributed by atoms with van der Waals surface area (Å²) >= 11 is 0. The highest BCUT2D eigenvalue weighted by Gasteiger charge is 1.97. The van der Waals surface area contributed by atoms with Crippen LogP contribution in [0.2, 0.25) is 0 Å². The molecule has 2 rings (SSSR count). The van der Waals surface area contributed by atoms with E-state index in [1.165, 1.54) is 5.56 Å². The van der Waals surface area contributed by atoms with Crippen LogP contribution in [0.1, 0.15) is 11.1 Å². The van der Waals surface area contributed by atoms with Gasteiger partial charge in [0.2, 0.25) is 0 Å². The first kappa shape index (κ1) is 12.2. The van der Waals surface area contributed by atoms with E-state index in [2.05, 4.69) is 6.58 Å². The van der Waals surface area contributed by atoms with Gasteiger partial charge >= 0.3 is 0 Å². The van der Waals surface area contributed by atoms with E-state index < -0.39 is 0 Å². The zero-order chi connectivity index (χ0) is 12.8. The third-order valence-corrected chi connectivity index (χ3v) is 2.63. The van der Waals surface area contributed by atoms with Crippen LogP contribution in [-0.4, -0.2) is 0 Å². The number of hydrogen-bond donors (Lipinski definition) is 0. The Hall–Kier alpha value is -2.22. The summed E-state index contributed by atoms with van der Waals surface area (Å²) < 4.78 is 5.64. The number of rotatable bonds is 5. The Balaban J connectivity index is 1.93. The SMILES string of the molecule is C=CCc1ccc(OCc2ccc([O])cc2)cc1. The average Bonchev–Trinajstić information content (AvgIpc) is 2.40. The Morgan fingerprint density at radius 2 is 1.56 bits per heavy atom. The fourth-order valence-electron chi connectivity index (χ4n) is 1.64. The van der Waals surface area contributed by atoms with Crippen molar-refractivity contribution >= 4 is 0 Å². The van der Waals surface area contributed by atoms with Gasteiger partial charge < -0.3 is 4.74 Å². The van der Waals surface area contributed by atoms with E-state index in [0.29, 0.717) is 6.61 Å². The van der Waals surface area contributed by atoms with E-state index in [-0.39, 0.29) is 5.75 Å². The van der Waals surface area contributed by atoms with Gasteiger partial charge in [-0.05, 0) is 41.8 Å². The van der Waals surface area contributed by atoms with Crippen molar-refractivity contribution in [3.63, 3.8) is 0 Å². The molecule has 18 heavy (non-hydrogen) atoms. The highest BCUT2D eigenvalue weighted by atomic mass is 16.5. The monoisotopic (exact) mass is 239 g/mol. The van der Waals surface area contributed by atoms with Crippen molar-refractivity contribution in [3.05, 3.63) is 72.3 Å². The van der Waals surface area contributed by atoms with Crippen molar-refractivity contribution in [2.24, 2.45) is 0 Å². The molecule has 2 heteroatoms. The fourth-order valence-corrected chi connectivity index (χ4v) is 1.64. The molecule has 91 valence electrons. The first-order valence-electron chi connectivity index (χ1n) is 5.86. The second-order valence-corrected chi connectivity index (χ2v) is 4.07. The predicted octanol–water partition coefficient (Wildman–Crippen LogP) is 4.14. The van der Waals surface area contributed by atoms with Crippen molar-refractivity contribution in [2.75, 3.05) is 0 Å². The highest BCUT2D eigenvalue weighted by molar-refractivity contribution is 5.29. The Morgan fingerprint density at radius 1 is 0.944 bits per heavy atom. The standard InChI is InChI=1S/C16H15O2/c1-2-3-13-6-10-16(11-7-13)18-12-14-4-8-15(17)9-5-14/h2,4-11H,1,3,12H2. The summed E-state index contributed by atoms with van der Waals surface area (Å²) in [5.41, 5.74) is 2.21. The van der Waals surface area contributed by atoms with E-state index in [1.54, 1.807) is 24.3 Å². The molecule has 0 aromatic heterocycles. The summed E-state index contributed by atoms with van der Waals surface area (Å²) in [4.78, 5) is 0. The Labute approximate surface area is 107 Å². The molecule has 0 fully saturated rings. The predicted molar refractivity (Wildman–Crippen MR) is 71.2 cm³/mol. The second-order valence-electron chi connectivity index (χ2n) is 4.07. The summed E-state index contributed by atoms with van der Waals surface area (Å²) in [5, 5.41) is 10.9. The minimum Gasteiger partial charge on any atom is -0.489 e. The minimum absolute atomic E-state index is 0.0209. The van der Waals surface area contributed by atoms with Gasteiger partial charge in [-0.2, -0.15) is 0 Å². The number of hydrogen-bond acceptors (Lipinski definition) is 1. The van der Waals surface area contributed by atoms with E-state index in [1.807, 2.05) is 30.3 Å². The molecule has 1 radical (unpaired) electrons. The van der Waals surface area contributed by atoms with Crippen LogP contribution >= 0.6 is 0 Å². The smallest absolute Gasteiger partial charge is 0.178 e. The average molecular weight is 239 g/mol. The zero-order valence-corrected chi connectivity index (χ0v) is 10.1. The van der Waals surface area contributed by atoms with Crippen molar-refractivity contribution in [2.45, 2.75) is 13.0 Å². The Kier molecular flexibility index (Phi) is 4.02. The summed E-state index contributed by atoms with van der Waals surface area (Å²) in [6.07, 6.45) is 2.74. The maximum absolute atomic E-state index is 10.9. The molecule has 0 N–H and O–H groups in total. The van der Waals surface area contributed by atoms with Crippen molar-refractivity contribution in [1.82, 2.24) is 0 Å². The van der Waals surface area contributed by atoms with Gasteiger partial charge in [0.15, 0.2) is 5.75 Å². The molecule has 0 atom stereocenters. The summed E-state index contributed by atoms with van der Waals surface area (Å²) in [7, 11) is 0. The van der Waals surface area contributed by atoms with Crippen LogP contribution in [0.4, 0.5) is 0 Å². The lowest BCUT2D eigenvalue weighted by molar-refractivity contribution is 0.305. The van der Waals surface area contributed by atoms with Gasteiger partial charge in [-0.15, -0.1) is 6.58 Å². The van der Waals surface area contributed by atoms with E-state index >= 15 is 0 Å². The molecule has 2 aromatic rings. The van der Waals surface area contributed by atoms with Crippen molar-refractivity contribution < 1.29 is 9.84 Å². The number of benzene rings is 2. The van der Waals surface area contributed by atoms with E-state index in [9.17, 15) is 5.11 Å². The van der Waals surface area contributed by atoms with Gasteiger partial charge in [0, 0.05) is 0 Å². The van der Waals surface area contributed by atoms with Gasteiger partial charge in [0.1, 0.15) is 12.4 Å². The highest BCUT2D eigenvalue weighted by Crippen LogP contribution is 2.16. The van der Waals surface area contributed by atoms with Gasteiger partial charge in [0.05, 0.1) is 0 Å². The van der Waals surface area contributed by atoms with E-state index in [0.717, 1.165) is 17.7 Å². The third-order valence-electron chi connectivity index (χ3n) is 2.63. The minimum atomic E-state index is 0.0209. The van der Waals surface area contributed by atoms with Crippen LogP contribution in [-0.2, 0) is 18.1 Å².